The van der Waals surface area contributed by atoms with Gasteiger partial charge in [0.15, 0.2) is 8.68 Å². The van der Waals surface area contributed by atoms with E-state index < -0.39 is 0 Å². The van der Waals surface area contributed by atoms with Crippen LogP contribution in [-0.2, 0) is 0 Å². The number of anilines is 1. The van der Waals surface area contributed by atoms with Crippen LogP contribution in [0.5, 0.6) is 0 Å². The molecule has 0 aliphatic rings. The second-order valence-corrected chi connectivity index (χ2v) is 6.21. The zero-order valence-electron chi connectivity index (χ0n) is 8.31. The maximum Gasteiger partial charge on any atom is 0.179 e. The van der Waals surface area contributed by atoms with Gasteiger partial charge in [0.05, 0.1) is 0 Å². The third-order valence-electron chi connectivity index (χ3n) is 1.66. The van der Waals surface area contributed by atoms with Crippen molar-refractivity contribution in [2.75, 3.05) is 12.0 Å². The van der Waals surface area contributed by atoms with Gasteiger partial charge in [0, 0.05) is 10.6 Å². The summed E-state index contributed by atoms with van der Waals surface area (Å²) < 4.78 is 14.8. The van der Waals surface area contributed by atoms with Crippen molar-refractivity contribution in [3.8, 4) is 0 Å². The Morgan fingerprint density at radius 1 is 1.25 bits per heavy atom. The summed E-state index contributed by atoms with van der Waals surface area (Å²) in [6, 6.07) is 4.44. The van der Waals surface area contributed by atoms with Crippen LogP contribution in [0, 0.1) is 5.82 Å². The van der Waals surface area contributed by atoms with E-state index in [0.29, 0.717) is 5.69 Å². The van der Waals surface area contributed by atoms with E-state index in [0.717, 1.165) is 13.6 Å². The normalized spacial score (nSPS) is 10.6. The van der Waals surface area contributed by atoms with Gasteiger partial charge < -0.3 is 5.73 Å². The summed E-state index contributed by atoms with van der Waals surface area (Å²) in [4.78, 5) is 0.737. The number of benzene rings is 1. The fourth-order valence-corrected chi connectivity index (χ4v) is 3.57. The average Bonchev–Trinajstić information content (AvgIpc) is 2.64. The fraction of sp³-hybridized carbons (Fsp3) is 0.111. The second kappa shape index (κ2) is 5.03. The van der Waals surface area contributed by atoms with E-state index in [-0.39, 0.29) is 5.82 Å². The SMILES string of the molecule is CSc1nnc(Sc2cc(N)cc(F)c2)s1. The minimum Gasteiger partial charge on any atom is -0.399 e. The van der Waals surface area contributed by atoms with Gasteiger partial charge >= 0.3 is 0 Å². The minimum absolute atomic E-state index is 0.336. The van der Waals surface area contributed by atoms with Crippen LogP contribution in [0.3, 0.4) is 0 Å². The monoisotopic (exact) mass is 273 g/mol. The lowest BCUT2D eigenvalue weighted by Crippen LogP contribution is -1.86. The van der Waals surface area contributed by atoms with E-state index in [1.165, 1.54) is 47.0 Å². The number of hydrogen-bond acceptors (Lipinski definition) is 6. The Bertz CT molecular complexity index is 480. The molecule has 0 radical (unpaired) electrons. The first-order valence-corrected chi connectivity index (χ1v) is 7.14. The lowest BCUT2D eigenvalue weighted by molar-refractivity contribution is 0.625. The van der Waals surface area contributed by atoms with Crippen LogP contribution in [0.15, 0.2) is 31.8 Å². The Balaban J connectivity index is 2.19. The predicted octanol–water partition coefficient (Wildman–Crippen LogP) is 3.13. The van der Waals surface area contributed by atoms with Crippen molar-refractivity contribution in [2.24, 2.45) is 0 Å². The molecule has 2 aromatic rings. The molecule has 0 atom stereocenters. The van der Waals surface area contributed by atoms with E-state index in [9.17, 15) is 4.39 Å². The van der Waals surface area contributed by atoms with E-state index in [1.54, 1.807) is 6.07 Å². The molecule has 0 aliphatic heterocycles. The van der Waals surface area contributed by atoms with E-state index in [2.05, 4.69) is 10.2 Å². The fourth-order valence-electron chi connectivity index (χ4n) is 1.07. The van der Waals surface area contributed by atoms with Gasteiger partial charge in [-0.3, -0.25) is 0 Å². The minimum atomic E-state index is -0.336. The summed E-state index contributed by atoms with van der Waals surface area (Å²) in [6.07, 6.45) is 1.94. The van der Waals surface area contributed by atoms with Crippen molar-refractivity contribution >= 4 is 40.5 Å². The lowest BCUT2D eigenvalue weighted by Gasteiger charge is -1.99. The smallest absolute Gasteiger partial charge is 0.179 e. The highest BCUT2D eigenvalue weighted by molar-refractivity contribution is 8.03. The van der Waals surface area contributed by atoms with Crippen LogP contribution in [0.1, 0.15) is 0 Å². The predicted molar refractivity (Wildman–Crippen MR) is 66.6 cm³/mol. The largest absolute Gasteiger partial charge is 0.399 e. The van der Waals surface area contributed by atoms with Gasteiger partial charge in [-0.2, -0.15) is 0 Å². The zero-order chi connectivity index (χ0) is 11.5. The van der Waals surface area contributed by atoms with Crippen molar-refractivity contribution in [1.82, 2.24) is 10.2 Å². The van der Waals surface area contributed by atoms with Gasteiger partial charge in [-0.05, 0) is 24.5 Å². The standard InChI is InChI=1S/C9H8FN3S3/c1-14-8-12-13-9(16-8)15-7-3-5(10)2-6(11)4-7/h2-4H,11H2,1H3. The number of rotatable bonds is 3. The molecule has 2 N–H and O–H groups in total. The quantitative estimate of drug-likeness (QED) is 0.688. The van der Waals surface area contributed by atoms with Gasteiger partial charge in [0.2, 0.25) is 0 Å². The zero-order valence-corrected chi connectivity index (χ0v) is 10.8. The molecule has 1 aromatic carbocycles. The Morgan fingerprint density at radius 3 is 2.62 bits per heavy atom. The van der Waals surface area contributed by atoms with Gasteiger partial charge in [-0.1, -0.05) is 34.9 Å². The molecular formula is C9H8FN3S3. The molecule has 1 heterocycles. The molecule has 16 heavy (non-hydrogen) atoms. The van der Waals surface area contributed by atoms with E-state index >= 15 is 0 Å². The molecule has 0 bridgehead atoms. The van der Waals surface area contributed by atoms with Crippen molar-refractivity contribution in [2.45, 2.75) is 13.6 Å². The number of nitrogen functional groups attached to an aromatic ring is 1. The topological polar surface area (TPSA) is 51.8 Å². The third-order valence-corrected chi connectivity index (χ3v) is 4.58. The summed E-state index contributed by atoms with van der Waals surface area (Å²) >= 11 is 4.38. The van der Waals surface area contributed by atoms with Crippen molar-refractivity contribution in [3.63, 3.8) is 0 Å². The van der Waals surface area contributed by atoms with Crippen LogP contribution >= 0.6 is 34.9 Å². The molecule has 0 amide bonds. The molecule has 0 fully saturated rings. The maximum absolute atomic E-state index is 13.1. The van der Waals surface area contributed by atoms with Crippen LogP contribution in [0.4, 0.5) is 10.1 Å². The Morgan fingerprint density at radius 2 is 2.00 bits per heavy atom. The molecule has 84 valence electrons. The highest BCUT2D eigenvalue weighted by Crippen LogP contribution is 2.33. The molecule has 0 saturated carbocycles. The maximum atomic E-state index is 13.1. The second-order valence-electron chi connectivity index (χ2n) is 2.86. The first-order chi connectivity index (χ1) is 7.67. The lowest BCUT2D eigenvalue weighted by atomic mass is 10.3. The molecule has 1 aromatic heterocycles. The highest BCUT2D eigenvalue weighted by Gasteiger charge is 2.06. The van der Waals surface area contributed by atoms with Gasteiger partial charge in [0.25, 0.3) is 0 Å². The van der Waals surface area contributed by atoms with Crippen LogP contribution in [0.2, 0.25) is 0 Å². The number of aromatic nitrogens is 2. The van der Waals surface area contributed by atoms with Crippen LogP contribution in [0.25, 0.3) is 0 Å². The van der Waals surface area contributed by atoms with Crippen molar-refractivity contribution in [1.29, 1.82) is 0 Å². The van der Waals surface area contributed by atoms with E-state index in [1.807, 2.05) is 6.26 Å². The summed E-state index contributed by atoms with van der Waals surface area (Å²) in [6.45, 7) is 0. The van der Waals surface area contributed by atoms with Gasteiger partial charge in [-0.15, -0.1) is 10.2 Å². The van der Waals surface area contributed by atoms with Crippen molar-refractivity contribution < 1.29 is 4.39 Å². The number of thioether (sulfide) groups is 1. The summed E-state index contributed by atoms with van der Waals surface area (Å²) in [5.74, 6) is -0.336. The molecule has 2 rings (SSSR count). The number of hydrogen-bond donors (Lipinski definition) is 1. The third kappa shape index (κ3) is 2.87. The molecule has 3 nitrogen and oxygen atoms in total. The Kier molecular flexibility index (Phi) is 3.67. The van der Waals surface area contributed by atoms with Gasteiger partial charge in [0.1, 0.15) is 5.82 Å². The molecule has 0 aliphatic carbocycles. The van der Waals surface area contributed by atoms with Crippen LogP contribution < -0.4 is 5.73 Å². The number of nitrogens with two attached hydrogens (primary N) is 1. The van der Waals surface area contributed by atoms with Gasteiger partial charge in [-0.25, -0.2) is 4.39 Å². The molecule has 0 unspecified atom stereocenters. The average molecular weight is 273 g/mol. The summed E-state index contributed by atoms with van der Waals surface area (Å²) in [5.41, 5.74) is 5.97. The molecule has 0 spiro atoms. The molecule has 0 saturated heterocycles. The Labute approximate surface area is 105 Å². The molecule has 7 heteroatoms. The molecular weight excluding hydrogens is 265 g/mol. The van der Waals surface area contributed by atoms with E-state index in [4.69, 9.17) is 5.73 Å². The Hall–Kier alpha value is -0.790. The number of nitrogens with zero attached hydrogens (tertiary/aromatic N) is 2. The highest BCUT2D eigenvalue weighted by atomic mass is 32.2. The first kappa shape index (κ1) is 11.7. The summed E-state index contributed by atoms with van der Waals surface area (Å²) in [5, 5.41) is 7.95. The first-order valence-electron chi connectivity index (χ1n) is 4.29. The number of halogens is 1. The summed E-state index contributed by atoms with van der Waals surface area (Å²) in [7, 11) is 0. The van der Waals surface area contributed by atoms with Crippen LogP contribution in [-0.4, -0.2) is 16.5 Å². The van der Waals surface area contributed by atoms with Crippen molar-refractivity contribution in [3.05, 3.63) is 24.0 Å².